The van der Waals surface area contributed by atoms with E-state index in [1.807, 2.05) is 35.2 Å². The first-order valence-corrected chi connectivity index (χ1v) is 8.64. The molecule has 0 aliphatic carbocycles. The van der Waals surface area contributed by atoms with E-state index in [2.05, 4.69) is 22.0 Å². The highest BCUT2D eigenvalue weighted by Gasteiger charge is 2.21. The Kier molecular flexibility index (Phi) is 5.59. The third kappa shape index (κ3) is 4.20. The Balaban J connectivity index is 1.55. The molecule has 1 aromatic heterocycles. The molecule has 0 N–H and O–H groups in total. The molecular formula is C18H24N4O2. The zero-order valence-corrected chi connectivity index (χ0v) is 14.1. The van der Waals surface area contributed by atoms with Gasteiger partial charge in [0.2, 0.25) is 5.89 Å². The molecule has 1 fully saturated rings. The second kappa shape index (κ2) is 8.06. The van der Waals surface area contributed by atoms with Gasteiger partial charge in [0.25, 0.3) is 5.91 Å². The van der Waals surface area contributed by atoms with Gasteiger partial charge >= 0.3 is 0 Å². The van der Waals surface area contributed by atoms with Crippen LogP contribution in [0.4, 0.5) is 0 Å². The third-order valence-electron chi connectivity index (χ3n) is 4.24. The van der Waals surface area contributed by atoms with Crippen molar-refractivity contribution in [1.82, 2.24) is 19.9 Å². The number of nitrogens with zero attached hydrogens (tertiary/aromatic N) is 4. The lowest BCUT2D eigenvalue weighted by Crippen LogP contribution is -2.35. The first-order chi connectivity index (χ1) is 11.8. The minimum absolute atomic E-state index is 0.112. The van der Waals surface area contributed by atoms with E-state index in [9.17, 15) is 4.79 Å². The van der Waals surface area contributed by atoms with Crippen LogP contribution in [0.25, 0.3) is 0 Å². The molecule has 0 unspecified atom stereocenters. The number of hydrogen-bond donors (Lipinski definition) is 0. The van der Waals surface area contributed by atoms with Gasteiger partial charge in [0, 0.05) is 38.2 Å². The maximum Gasteiger partial charge on any atom is 0.253 e. The van der Waals surface area contributed by atoms with Crippen LogP contribution in [0, 0.1) is 0 Å². The molecular weight excluding hydrogens is 304 g/mol. The molecule has 24 heavy (non-hydrogen) atoms. The zero-order chi connectivity index (χ0) is 16.8. The summed E-state index contributed by atoms with van der Waals surface area (Å²) in [5.41, 5.74) is 0.757. The van der Waals surface area contributed by atoms with Gasteiger partial charge in [-0.3, -0.25) is 9.69 Å². The molecule has 1 aliphatic heterocycles. The van der Waals surface area contributed by atoms with Crippen LogP contribution in [-0.2, 0) is 13.0 Å². The van der Waals surface area contributed by atoms with Crippen molar-refractivity contribution >= 4 is 5.91 Å². The summed E-state index contributed by atoms with van der Waals surface area (Å²) in [6.45, 7) is 6.03. The molecule has 0 bridgehead atoms. The lowest BCUT2D eigenvalue weighted by atomic mass is 10.2. The summed E-state index contributed by atoms with van der Waals surface area (Å²) in [6, 6.07) is 9.48. The minimum atomic E-state index is 0.112. The van der Waals surface area contributed by atoms with E-state index >= 15 is 0 Å². The molecule has 6 heteroatoms. The topological polar surface area (TPSA) is 62.5 Å². The van der Waals surface area contributed by atoms with Gasteiger partial charge in [0.05, 0.1) is 6.54 Å². The maximum absolute atomic E-state index is 12.6. The van der Waals surface area contributed by atoms with Gasteiger partial charge in [-0.2, -0.15) is 4.98 Å². The molecule has 0 atom stereocenters. The highest BCUT2D eigenvalue weighted by molar-refractivity contribution is 5.94. The predicted molar refractivity (Wildman–Crippen MR) is 90.5 cm³/mol. The summed E-state index contributed by atoms with van der Waals surface area (Å²) in [7, 11) is 0. The fourth-order valence-corrected chi connectivity index (χ4v) is 2.97. The highest BCUT2D eigenvalue weighted by atomic mass is 16.5. The van der Waals surface area contributed by atoms with Crippen molar-refractivity contribution in [2.24, 2.45) is 0 Å². The average molecular weight is 328 g/mol. The Morgan fingerprint density at radius 3 is 2.79 bits per heavy atom. The van der Waals surface area contributed by atoms with E-state index < -0.39 is 0 Å². The van der Waals surface area contributed by atoms with Crippen LogP contribution < -0.4 is 0 Å². The number of aromatic nitrogens is 2. The van der Waals surface area contributed by atoms with E-state index in [1.54, 1.807) is 0 Å². The fraction of sp³-hybridized carbons (Fsp3) is 0.500. The van der Waals surface area contributed by atoms with Gasteiger partial charge in [-0.05, 0) is 25.0 Å². The number of carbonyl (C=O) groups is 1. The van der Waals surface area contributed by atoms with Crippen LogP contribution in [0.1, 0.15) is 41.8 Å². The standard InChI is InChI=1S/C18H24N4O2/c1-2-7-16-19-17(24-20-16)14-21-10-6-11-22(13-12-21)18(23)15-8-4-3-5-9-15/h3-5,8-9H,2,6-7,10-14H2,1H3. The van der Waals surface area contributed by atoms with Gasteiger partial charge in [-0.1, -0.05) is 30.3 Å². The van der Waals surface area contributed by atoms with Gasteiger partial charge in [-0.15, -0.1) is 0 Å². The van der Waals surface area contributed by atoms with Crippen molar-refractivity contribution in [1.29, 1.82) is 0 Å². The second-order valence-electron chi connectivity index (χ2n) is 6.14. The molecule has 2 aromatic rings. The van der Waals surface area contributed by atoms with E-state index in [4.69, 9.17) is 4.52 Å². The first-order valence-electron chi connectivity index (χ1n) is 8.64. The quantitative estimate of drug-likeness (QED) is 0.843. The van der Waals surface area contributed by atoms with Crippen LogP contribution in [0.2, 0.25) is 0 Å². The number of rotatable bonds is 5. The summed E-state index contributed by atoms with van der Waals surface area (Å²) in [6.07, 6.45) is 2.82. The fourth-order valence-electron chi connectivity index (χ4n) is 2.97. The molecule has 0 saturated carbocycles. The smallest absolute Gasteiger partial charge is 0.253 e. The van der Waals surface area contributed by atoms with Gasteiger partial charge in [-0.25, -0.2) is 0 Å². The van der Waals surface area contributed by atoms with Gasteiger partial charge < -0.3 is 9.42 Å². The van der Waals surface area contributed by atoms with Crippen molar-refractivity contribution < 1.29 is 9.32 Å². The third-order valence-corrected chi connectivity index (χ3v) is 4.24. The van der Waals surface area contributed by atoms with Crippen LogP contribution in [0.3, 0.4) is 0 Å². The Hall–Kier alpha value is -2.21. The Labute approximate surface area is 142 Å². The van der Waals surface area contributed by atoms with Crippen molar-refractivity contribution in [3.05, 3.63) is 47.6 Å². The molecule has 0 spiro atoms. The predicted octanol–water partition coefficient (Wildman–Crippen LogP) is 2.37. The SMILES string of the molecule is CCCc1noc(CN2CCCN(C(=O)c3ccccc3)CC2)n1. The summed E-state index contributed by atoms with van der Waals surface area (Å²) >= 11 is 0. The van der Waals surface area contributed by atoms with Crippen molar-refractivity contribution in [3.8, 4) is 0 Å². The molecule has 1 amide bonds. The molecule has 1 aliphatic rings. The van der Waals surface area contributed by atoms with Crippen LogP contribution in [-0.4, -0.2) is 52.0 Å². The van der Waals surface area contributed by atoms with Crippen molar-refractivity contribution in [2.75, 3.05) is 26.2 Å². The van der Waals surface area contributed by atoms with Crippen LogP contribution in [0.5, 0.6) is 0 Å². The normalized spacial score (nSPS) is 16.1. The number of carbonyl (C=O) groups excluding carboxylic acids is 1. The van der Waals surface area contributed by atoms with Crippen LogP contribution in [0.15, 0.2) is 34.9 Å². The first kappa shape index (κ1) is 16.6. The van der Waals surface area contributed by atoms with Gasteiger partial charge in [0.15, 0.2) is 5.82 Å². The van der Waals surface area contributed by atoms with E-state index in [0.717, 1.165) is 56.8 Å². The summed E-state index contributed by atoms with van der Waals surface area (Å²) in [5.74, 6) is 1.56. The molecule has 6 nitrogen and oxygen atoms in total. The van der Waals surface area contributed by atoms with Crippen molar-refractivity contribution in [2.45, 2.75) is 32.7 Å². The molecule has 0 radical (unpaired) electrons. The zero-order valence-electron chi connectivity index (χ0n) is 14.1. The van der Waals surface area contributed by atoms with E-state index in [-0.39, 0.29) is 5.91 Å². The molecule has 2 heterocycles. The lowest BCUT2D eigenvalue weighted by Gasteiger charge is -2.21. The average Bonchev–Trinajstić information content (AvgIpc) is 2.91. The van der Waals surface area contributed by atoms with E-state index in [1.165, 1.54) is 0 Å². The largest absolute Gasteiger partial charge is 0.338 e. The maximum atomic E-state index is 12.6. The van der Waals surface area contributed by atoms with Crippen molar-refractivity contribution in [3.63, 3.8) is 0 Å². The number of benzene rings is 1. The number of hydrogen-bond acceptors (Lipinski definition) is 5. The van der Waals surface area contributed by atoms with E-state index in [0.29, 0.717) is 12.4 Å². The summed E-state index contributed by atoms with van der Waals surface area (Å²) < 4.78 is 5.32. The Morgan fingerprint density at radius 2 is 2.00 bits per heavy atom. The summed E-state index contributed by atoms with van der Waals surface area (Å²) in [4.78, 5) is 21.2. The van der Waals surface area contributed by atoms with Gasteiger partial charge in [0.1, 0.15) is 0 Å². The molecule has 1 aromatic carbocycles. The minimum Gasteiger partial charge on any atom is -0.338 e. The molecule has 1 saturated heterocycles. The summed E-state index contributed by atoms with van der Waals surface area (Å²) in [5, 5.41) is 4.00. The Bertz CT molecular complexity index is 656. The lowest BCUT2D eigenvalue weighted by molar-refractivity contribution is 0.0760. The Morgan fingerprint density at radius 1 is 1.17 bits per heavy atom. The highest BCUT2D eigenvalue weighted by Crippen LogP contribution is 2.11. The van der Waals surface area contributed by atoms with Crippen LogP contribution >= 0.6 is 0 Å². The number of aryl methyl sites for hydroxylation is 1. The monoisotopic (exact) mass is 328 g/mol. The molecule has 128 valence electrons. The second-order valence-corrected chi connectivity index (χ2v) is 6.14. The molecule has 3 rings (SSSR count). The number of amides is 1.